The lowest BCUT2D eigenvalue weighted by Crippen LogP contribution is -2.02. The Morgan fingerprint density at radius 2 is 2.14 bits per heavy atom. The molecule has 0 saturated heterocycles. The van der Waals surface area contributed by atoms with Crippen molar-refractivity contribution in [1.82, 2.24) is 0 Å². The number of aryl methyl sites for hydroxylation is 1. The average Bonchev–Trinajstić information content (AvgIpc) is 2.19. The van der Waals surface area contributed by atoms with Gasteiger partial charge in [0.1, 0.15) is 5.75 Å². The second-order valence-corrected chi connectivity index (χ2v) is 3.83. The van der Waals surface area contributed by atoms with E-state index in [1.165, 1.54) is 0 Å². The molecule has 1 atom stereocenters. The molecule has 0 aromatic heterocycles. The van der Waals surface area contributed by atoms with Crippen LogP contribution in [0, 0.1) is 6.92 Å². The summed E-state index contributed by atoms with van der Waals surface area (Å²) in [6.45, 7) is 4.08. The van der Waals surface area contributed by atoms with Crippen LogP contribution in [0.1, 0.15) is 24.0 Å². The summed E-state index contributed by atoms with van der Waals surface area (Å²) < 4.78 is 5.10. The molecule has 0 saturated carbocycles. The van der Waals surface area contributed by atoms with Gasteiger partial charge in [0.15, 0.2) is 0 Å². The van der Waals surface area contributed by atoms with Crippen LogP contribution in [-0.2, 0) is 0 Å². The Balaban J connectivity index is 3.14. The van der Waals surface area contributed by atoms with Gasteiger partial charge in [0, 0.05) is 12.5 Å². The SMILES string of the molecule is COc1cc(C)c(C(C)CO)cc1Cl. The van der Waals surface area contributed by atoms with Gasteiger partial charge in [-0.1, -0.05) is 18.5 Å². The summed E-state index contributed by atoms with van der Waals surface area (Å²) in [6.07, 6.45) is 0. The number of aliphatic hydroxyl groups excluding tert-OH is 1. The van der Waals surface area contributed by atoms with E-state index < -0.39 is 0 Å². The standard InChI is InChI=1S/C11H15ClO2/c1-7-4-11(14-3)10(12)5-9(7)8(2)6-13/h4-5,8,13H,6H2,1-3H3. The van der Waals surface area contributed by atoms with Crippen molar-refractivity contribution in [1.29, 1.82) is 0 Å². The maximum Gasteiger partial charge on any atom is 0.137 e. The van der Waals surface area contributed by atoms with Crippen molar-refractivity contribution in [2.45, 2.75) is 19.8 Å². The van der Waals surface area contributed by atoms with Gasteiger partial charge in [-0.2, -0.15) is 0 Å². The minimum atomic E-state index is 0.110. The van der Waals surface area contributed by atoms with E-state index in [4.69, 9.17) is 21.4 Å². The molecule has 0 bridgehead atoms. The van der Waals surface area contributed by atoms with Crippen LogP contribution in [0.5, 0.6) is 5.75 Å². The molecule has 0 aliphatic rings. The van der Waals surface area contributed by atoms with Crippen molar-refractivity contribution in [3.63, 3.8) is 0 Å². The van der Waals surface area contributed by atoms with Gasteiger partial charge in [0.2, 0.25) is 0 Å². The van der Waals surface area contributed by atoms with Crippen molar-refractivity contribution in [3.8, 4) is 5.75 Å². The number of hydrogen-bond donors (Lipinski definition) is 1. The van der Waals surface area contributed by atoms with Crippen LogP contribution in [-0.4, -0.2) is 18.8 Å². The average molecular weight is 215 g/mol. The molecule has 1 aromatic carbocycles. The van der Waals surface area contributed by atoms with Gasteiger partial charge in [-0.3, -0.25) is 0 Å². The Hall–Kier alpha value is -0.730. The largest absolute Gasteiger partial charge is 0.495 e. The van der Waals surface area contributed by atoms with Gasteiger partial charge in [0.25, 0.3) is 0 Å². The van der Waals surface area contributed by atoms with Crippen molar-refractivity contribution >= 4 is 11.6 Å². The normalized spacial score (nSPS) is 12.6. The monoisotopic (exact) mass is 214 g/mol. The van der Waals surface area contributed by atoms with Crippen LogP contribution in [0.3, 0.4) is 0 Å². The summed E-state index contributed by atoms with van der Waals surface area (Å²) in [5.41, 5.74) is 2.16. The summed E-state index contributed by atoms with van der Waals surface area (Å²) in [4.78, 5) is 0. The van der Waals surface area contributed by atoms with Crippen LogP contribution in [0.25, 0.3) is 0 Å². The van der Waals surface area contributed by atoms with Crippen LogP contribution in [0.15, 0.2) is 12.1 Å². The molecule has 0 aliphatic heterocycles. The zero-order valence-corrected chi connectivity index (χ0v) is 9.43. The van der Waals surface area contributed by atoms with E-state index >= 15 is 0 Å². The third-order valence-corrected chi connectivity index (χ3v) is 2.64. The molecule has 1 unspecified atom stereocenters. The molecular formula is C11H15ClO2. The van der Waals surface area contributed by atoms with Crippen LogP contribution < -0.4 is 4.74 Å². The van der Waals surface area contributed by atoms with E-state index in [-0.39, 0.29) is 12.5 Å². The molecule has 3 heteroatoms. The quantitative estimate of drug-likeness (QED) is 0.839. The lowest BCUT2D eigenvalue weighted by molar-refractivity contribution is 0.272. The second-order valence-electron chi connectivity index (χ2n) is 3.43. The van der Waals surface area contributed by atoms with E-state index in [1.54, 1.807) is 7.11 Å². The molecule has 0 fully saturated rings. The molecule has 0 heterocycles. The summed E-state index contributed by atoms with van der Waals surface area (Å²) in [5, 5.41) is 9.65. The fraction of sp³-hybridized carbons (Fsp3) is 0.455. The van der Waals surface area contributed by atoms with Gasteiger partial charge in [-0.15, -0.1) is 0 Å². The third kappa shape index (κ3) is 2.20. The molecule has 1 rings (SSSR count). The first-order valence-electron chi connectivity index (χ1n) is 4.55. The number of ether oxygens (including phenoxy) is 1. The van der Waals surface area contributed by atoms with Gasteiger partial charge in [0.05, 0.1) is 12.1 Å². The third-order valence-electron chi connectivity index (χ3n) is 2.35. The maximum atomic E-state index is 9.06. The smallest absolute Gasteiger partial charge is 0.137 e. The van der Waals surface area contributed by atoms with E-state index in [0.717, 1.165) is 11.1 Å². The zero-order valence-electron chi connectivity index (χ0n) is 8.67. The minimum absolute atomic E-state index is 0.110. The Kier molecular flexibility index (Phi) is 3.78. The predicted octanol–water partition coefficient (Wildman–Crippen LogP) is 2.75. The first kappa shape index (κ1) is 11.3. The Morgan fingerprint density at radius 1 is 1.50 bits per heavy atom. The molecular weight excluding hydrogens is 200 g/mol. The number of methoxy groups -OCH3 is 1. The Bertz CT molecular complexity index is 323. The number of benzene rings is 1. The van der Waals surface area contributed by atoms with Crippen molar-refractivity contribution in [3.05, 3.63) is 28.3 Å². The fourth-order valence-corrected chi connectivity index (χ4v) is 1.71. The molecule has 0 aliphatic carbocycles. The Morgan fingerprint density at radius 3 is 2.64 bits per heavy atom. The highest BCUT2D eigenvalue weighted by atomic mass is 35.5. The van der Waals surface area contributed by atoms with Crippen LogP contribution >= 0.6 is 11.6 Å². The lowest BCUT2D eigenvalue weighted by Gasteiger charge is -2.14. The van der Waals surface area contributed by atoms with Crippen LogP contribution in [0.4, 0.5) is 0 Å². The molecule has 0 radical (unpaired) electrons. The maximum absolute atomic E-state index is 9.06. The van der Waals surface area contributed by atoms with Crippen LogP contribution in [0.2, 0.25) is 5.02 Å². The zero-order chi connectivity index (χ0) is 10.7. The molecule has 78 valence electrons. The molecule has 1 N–H and O–H groups in total. The van der Waals surface area contributed by atoms with E-state index in [1.807, 2.05) is 26.0 Å². The highest BCUT2D eigenvalue weighted by Crippen LogP contribution is 2.31. The first-order valence-corrected chi connectivity index (χ1v) is 4.92. The predicted molar refractivity (Wildman–Crippen MR) is 58.2 cm³/mol. The van der Waals surface area contributed by atoms with Crippen molar-refractivity contribution in [2.24, 2.45) is 0 Å². The van der Waals surface area contributed by atoms with E-state index in [0.29, 0.717) is 10.8 Å². The van der Waals surface area contributed by atoms with Gasteiger partial charge in [-0.05, 0) is 30.2 Å². The molecule has 0 spiro atoms. The minimum Gasteiger partial charge on any atom is -0.495 e. The highest BCUT2D eigenvalue weighted by Gasteiger charge is 2.11. The number of aliphatic hydroxyl groups is 1. The molecule has 14 heavy (non-hydrogen) atoms. The summed E-state index contributed by atoms with van der Waals surface area (Å²) in [7, 11) is 1.59. The summed E-state index contributed by atoms with van der Waals surface area (Å²) in [5.74, 6) is 0.788. The van der Waals surface area contributed by atoms with Gasteiger partial charge < -0.3 is 9.84 Å². The second kappa shape index (κ2) is 4.67. The molecule has 0 amide bonds. The van der Waals surface area contributed by atoms with Crippen molar-refractivity contribution in [2.75, 3.05) is 13.7 Å². The Labute approximate surface area is 89.5 Å². The number of hydrogen-bond acceptors (Lipinski definition) is 2. The molecule has 2 nitrogen and oxygen atoms in total. The molecule has 1 aromatic rings. The summed E-state index contributed by atoms with van der Waals surface area (Å²) >= 11 is 6.00. The lowest BCUT2D eigenvalue weighted by atomic mass is 9.97. The fourth-order valence-electron chi connectivity index (χ4n) is 1.46. The van der Waals surface area contributed by atoms with Crippen molar-refractivity contribution < 1.29 is 9.84 Å². The number of rotatable bonds is 3. The highest BCUT2D eigenvalue weighted by molar-refractivity contribution is 6.32. The first-order chi connectivity index (χ1) is 6.60. The van der Waals surface area contributed by atoms with E-state index in [9.17, 15) is 0 Å². The topological polar surface area (TPSA) is 29.5 Å². The van der Waals surface area contributed by atoms with Gasteiger partial charge in [-0.25, -0.2) is 0 Å². The number of halogens is 1. The van der Waals surface area contributed by atoms with E-state index in [2.05, 4.69) is 0 Å². The van der Waals surface area contributed by atoms with Gasteiger partial charge >= 0.3 is 0 Å². The summed E-state index contributed by atoms with van der Waals surface area (Å²) in [6, 6.07) is 3.75.